The van der Waals surface area contributed by atoms with E-state index in [0.29, 0.717) is 17.4 Å². The molecule has 3 N–H and O–H groups in total. The lowest BCUT2D eigenvalue weighted by molar-refractivity contribution is -0.124. The quantitative estimate of drug-likeness (QED) is 0.325. The molecule has 1 atom stereocenters. The van der Waals surface area contributed by atoms with E-state index < -0.39 is 23.1 Å². The standard InChI is InChI=1S/C28H34FN3O2S/c1-28(2,19-29)27(33)31-23-12-14-24(15-13-23)32-35(34)26-10-6-7-21-17-20(11-16-25(21)26)18-30-22-8-4-3-5-9-22/h6-7,10-17,22,30,32H,3-5,8-9,18-19H2,1-2H3,(H,31,33). The second-order valence-corrected chi connectivity index (χ2v) is 11.1. The summed E-state index contributed by atoms with van der Waals surface area (Å²) in [5.74, 6) is -0.381. The number of hydrogen-bond donors (Lipinski definition) is 3. The van der Waals surface area contributed by atoms with Crippen LogP contribution in [0.25, 0.3) is 10.8 Å². The smallest absolute Gasteiger partial charge is 0.232 e. The molecule has 4 rings (SSSR count). The maximum atomic E-state index is 13.2. The zero-order valence-electron chi connectivity index (χ0n) is 20.4. The van der Waals surface area contributed by atoms with E-state index in [0.717, 1.165) is 22.2 Å². The largest absolute Gasteiger partial charge is 0.326 e. The molecule has 0 saturated heterocycles. The van der Waals surface area contributed by atoms with Crippen molar-refractivity contribution in [3.05, 3.63) is 66.2 Å². The molecule has 1 aliphatic carbocycles. The topological polar surface area (TPSA) is 70.2 Å². The highest BCUT2D eigenvalue weighted by atomic mass is 32.2. The van der Waals surface area contributed by atoms with Crippen molar-refractivity contribution in [2.45, 2.75) is 63.4 Å². The van der Waals surface area contributed by atoms with Crippen molar-refractivity contribution in [2.75, 3.05) is 16.7 Å². The first kappa shape index (κ1) is 25.3. The van der Waals surface area contributed by atoms with Crippen LogP contribution in [0.4, 0.5) is 15.8 Å². The van der Waals surface area contributed by atoms with E-state index in [1.54, 1.807) is 38.1 Å². The van der Waals surface area contributed by atoms with Gasteiger partial charge in [0, 0.05) is 24.0 Å². The van der Waals surface area contributed by atoms with Gasteiger partial charge < -0.3 is 15.4 Å². The Morgan fingerprint density at radius 2 is 1.71 bits per heavy atom. The van der Waals surface area contributed by atoms with Crippen molar-refractivity contribution >= 4 is 39.0 Å². The van der Waals surface area contributed by atoms with Crippen molar-refractivity contribution in [1.82, 2.24) is 5.32 Å². The Kier molecular flexibility index (Phi) is 8.19. The average molecular weight is 496 g/mol. The van der Waals surface area contributed by atoms with Gasteiger partial charge in [0.15, 0.2) is 11.0 Å². The van der Waals surface area contributed by atoms with Crippen LogP contribution in [-0.2, 0) is 22.3 Å². The van der Waals surface area contributed by atoms with Crippen LogP contribution < -0.4 is 15.4 Å². The Bertz CT molecular complexity index is 1190. The number of halogens is 1. The molecule has 7 heteroatoms. The van der Waals surface area contributed by atoms with E-state index in [9.17, 15) is 13.4 Å². The maximum Gasteiger partial charge on any atom is 0.232 e. The third kappa shape index (κ3) is 6.47. The van der Waals surface area contributed by atoms with Gasteiger partial charge in [-0.05, 0) is 79.4 Å². The second kappa shape index (κ2) is 11.3. The Morgan fingerprint density at radius 1 is 1.00 bits per heavy atom. The predicted octanol–water partition coefficient (Wildman–Crippen LogP) is 6.33. The van der Waals surface area contributed by atoms with Crippen LogP contribution >= 0.6 is 0 Å². The molecule has 0 radical (unpaired) electrons. The summed E-state index contributed by atoms with van der Waals surface area (Å²) in [6.45, 7) is 3.22. The highest BCUT2D eigenvalue weighted by molar-refractivity contribution is 7.86. The summed E-state index contributed by atoms with van der Waals surface area (Å²) in [6.07, 6.45) is 6.48. The van der Waals surface area contributed by atoms with Crippen molar-refractivity contribution in [3.63, 3.8) is 0 Å². The summed E-state index contributed by atoms with van der Waals surface area (Å²) in [6, 6.07) is 19.7. The van der Waals surface area contributed by atoms with Crippen LogP contribution in [0.15, 0.2) is 65.6 Å². The number of carbonyl (C=O) groups excluding carboxylic acids is 1. The Hall–Kier alpha value is -2.77. The fourth-order valence-corrected chi connectivity index (χ4v) is 5.34. The lowest BCUT2D eigenvalue weighted by Crippen LogP contribution is -2.32. The zero-order chi connectivity index (χ0) is 24.8. The average Bonchev–Trinajstić information content (AvgIpc) is 2.88. The monoisotopic (exact) mass is 495 g/mol. The second-order valence-electron chi connectivity index (χ2n) is 9.95. The summed E-state index contributed by atoms with van der Waals surface area (Å²) in [5.41, 5.74) is 1.37. The van der Waals surface area contributed by atoms with Gasteiger partial charge in [0.1, 0.15) is 6.67 Å². The SMILES string of the molecule is CC(C)(CF)C(=O)Nc1ccc(NS(=O)c2cccc3cc(CNC4CCCCC4)ccc23)cc1. The first-order valence-electron chi connectivity index (χ1n) is 12.3. The number of benzene rings is 3. The van der Waals surface area contributed by atoms with Crippen molar-refractivity contribution in [1.29, 1.82) is 0 Å². The first-order chi connectivity index (χ1) is 16.9. The minimum Gasteiger partial charge on any atom is -0.326 e. The van der Waals surface area contributed by atoms with Crippen LogP contribution in [0.3, 0.4) is 0 Å². The molecule has 3 aromatic carbocycles. The van der Waals surface area contributed by atoms with E-state index in [2.05, 4.69) is 33.6 Å². The highest BCUT2D eigenvalue weighted by Crippen LogP contribution is 2.26. The van der Waals surface area contributed by atoms with E-state index in [4.69, 9.17) is 0 Å². The number of hydrogen-bond acceptors (Lipinski definition) is 3. The number of carbonyl (C=O) groups is 1. The Morgan fingerprint density at radius 3 is 2.43 bits per heavy atom. The third-order valence-electron chi connectivity index (χ3n) is 6.61. The number of nitrogens with one attached hydrogen (secondary N) is 3. The van der Waals surface area contributed by atoms with Crippen LogP contribution in [0.5, 0.6) is 0 Å². The molecular weight excluding hydrogens is 461 g/mol. The molecule has 3 aromatic rings. The van der Waals surface area contributed by atoms with E-state index in [-0.39, 0.29) is 5.91 Å². The molecule has 1 aliphatic rings. The Labute approximate surface area is 209 Å². The summed E-state index contributed by atoms with van der Waals surface area (Å²) < 4.78 is 29.2. The summed E-state index contributed by atoms with van der Waals surface area (Å²) in [4.78, 5) is 12.9. The maximum absolute atomic E-state index is 13.2. The Balaban J connectivity index is 1.41. The summed E-state index contributed by atoms with van der Waals surface area (Å²) in [7, 11) is -1.46. The lowest BCUT2D eigenvalue weighted by Gasteiger charge is -2.23. The number of fused-ring (bicyclic) bond motifs is 1. The molecule has 1 saturated carbocycles. The number of alkyl halides is 1. The molecule has 0 bridgehead atoms. The normalized spacial score (nSPS) is 15.6. The number of rotatable bonds is 9. The molecule has 5 nitrogen and oxygen atoms in total. The van der Waals surface area contributed by atoms with Gasteiger partial charge in [-0.2, -0.15) is 0 Å². The molecule has 186 valence electrons. The van der Waals surface area contributed by atoms with Crippen LogP contribution in [0.2, 0.25) is 0 Å². The molecule has 0 spiro atoms. The van der Waals surface area contributed by atoms with Crippen molar-refractivity contribution in [3.8, 4) is 0 Å². The lowest BCUT2D eigenvalue weighted by atomic mass is 9.94. The van der Waals surface area contributed by atoms with E-state index in [1.165, 1.54) is 37.7 Å². The van der Waals surface area contributed by atoms with Crippen LogP contribution in [0.1, 0.15) is 51.5 Å². The zero-order valence-corrected chi connectivity index (χ0v) is 21.2. The molecule has 1 unspecified atom stereocenters. The van der Waals surface area contributed by atoms with Crippen LogP contribution in [-0.4, -0.2) is 22.8 Å². The predicted molar refractivity (Wildman–Crippen MR) is 143 cm³/mol. The van der Waals surface area contributed by atoms with E-state index in [1.807, 2.05) is 18.2 Å². The van der Waals surface area contributed by atoms with Gasteiger partial charge in [0.2, 0.25) is 5.91 Å². The first-order valence-corrected chi connectivity index (χ1v) is 13.4. The molecule has 35 heavy (non-hydrogen) atoms. The fraction of sp³-hybridized carbons (Fsp3) is 0.393. The van der Waals surface area contributed by atoms with Gasteiger partial charge in [0.25, 0.3) is 0 Å². The van der Waals surface area contributed by atoms with Gasteiger partial charge in [-0.1, -0.05) is 43.5 Å². The minimum atomic E-state index is -1.46. The molecule has 1 amide bonds. The summed E-state index contributed by atoms with van der Waals surface area (Å²) in [5, 5.41) is 8.42. The fourth-order valence-electron chi connectivity index (χ4n) is 4.29. The summed E-state index contributed by atoms with van der Waals surface area (Å²) >= 11 is 0. The molecule has 1 fully saturated rings. The molecule has 0 aromatic heterocycles. The van der Waals surface area contributed by atoms with Gasteiger partial charge in [-0.25, -0.2) is 8.60 Å². The van der Waals surface area contributed by atoms with Crippen molar-refractivity contribution in [2.24, 2.45) is 5.41 Å². The molecule has 0 aliphatic heterocycles. The number of anilines is 2. The van der Waals surface area contributed by atoms with Crippen molar-refractivity contribution < 1.29 is 13.4 Å². The number of amides is 1. The van der Waals surface area contributed by atoms with Gasteiger partial charge in [-0.3, -0.25) is 4.79 Å². The third-order valence-corrected chi connectivity index (χ3v) is 7.78. The minimum absolute atomic E-state index is 0.381. The highest BCUT2D eigenvalue weighted by Gasteiger charge is 2.27. The van der Waals surface area contributed by atoms with Crippen LogP contribution in [0, 0.1) is 5.41 Å². The van der Waals surface area contributed by atoms with Gasteiger partial charge >= 0.3 is 0 Å². The van der Waals surface area contributed by atoms with E-state index >= 15 is 0 Å². The van der Waals surface area contributed by atoms with Gasteiger partial charge in [-0.15, -0.1) is 0 Å². The molecular formula is C28H34FN3O2S. The molecule has 0 heterocycles. The van der Waals surface area contributed by atoms with Gasteiger partial charge in [0.05, 0.1) is 10.3 Å².